The zero-order valence-corrected chi connectivity index (χ0v) is 13.1. The van der Waals surface area contributed by atoms with Crippen molar-refractivity contribution in [3.05, 3.63) is 34.3 Å². The first-order chi connectivity index (χ1) is 8.95. The zero-order chi connectivity index (χ0) is 14.4. The average molecular weight is 326 g/mol. The molecule has 0 amide bonds. The summed E-state index contributed by atoms with van der Waals surface area (Å²) in [5, 5.41) is 8.62. The largest absolute Gasteiger partial charge is 0.478 e. The fraction of sp³-hybridized carbons (Fsp3) is 0.400. The highest BCUT2D eigenvalue weighted by molar-refractivity contribution is 9.10. The number of carboxylic acids is 1. The highest BCUT2D eigenvalue weighted by Crippen LogP contribution is 2.29. The predicted molar refractivity (Wildman–Crippen MR) is 83.6 cm³/mol. The standard InChI is InChI=1S/C15H20BrNO2/c1-4-9-17(11(2)3)14-7-5-12(10-13(14)16)6-8-15(18)19/h5-8,10-11H,4,9H2,1-3H3,(H,18,19)/b8-6+. The van der Waals surface area contributed by atoms with Crippen LogP contribution in [0.3, 0.4) is 0 Å². The Kier molecular flexibility index (Phi) is 6.09. The van der Waals surface area contributed by atoms with E-state index in [0.29, 0.717) is 6.04 Å². The van der Waals surface area contributed by atoms with Gasteiger partial charge < -0.3 is 10.0 Å². The van der Waals surface area contributed by atoms with E-state index in [9.17, 15) is 4.79 Å². The van der Waals surface area contributed by atoms with Crippen LogP contribution >= 0.6 is 15.9 Å². The van der Waals surface area contributed by atoms with Crippen LogP contribution in [-0.4, -0.2) is 23.7 Å². The van der Waals surface area contributed by atoms with Crippen molar-refractivity contribution < 1.29 is 9.90 Å². The summed E-state index contributed by atoms with van der Waals surface area (Å²) in [6, 6.07) is 6.34. The van der Waals surface area contributed by atoms with E-state index in [-0.39, 0.29) is 0 Å². The highest BCUT2D eigenvalue weighted by atomic mass is 79.9. The van der Waals surface area contributed by atoms with Crippen LogP contribution < -0.4 is 4.90 Å². The lowest BCUT2D eigenvalue weighted by molar-refractivity contribution is -0.131. The summed E-state index contributed by atoms with van der Waals surface area (Å²) in [6.07, 6.45) is 3.83. The van der Waals surface area contributed by atoms with Gasteiger partial charge in [0, 0.05) is 23.1 Å². The maximum atomic E-state index is 10.5. The number of nitrogens with zero attached hydrogens (tertiary/aromatic N) is 1. The first-order valence-corrected chi connectivity index (χ1v) is 7.22. The van der Waals surface area contributed by atoms with Crippen LogP contribution in [-0.2, 0) is 4.79 Å². The molecule has 0 bridgehead atoms. The number of hydrogen-bond acceptors (Lipinski definition) is 2. The van der Waals surface area contributed by atoms with Gasteiger partial charge in [-0.2, -0.15) is 0 Å². The number of hydrogen-bond donors (Lipinski definition) is 1. The fourth-order valence-corrected chi connectivity index (χ4v) is 2.55. The quantitative estimate of drug-likeness (QED) is 0.798. The fourth-order valence-electron chi connectivity index (χ4n) is 1.92. The summed E-state index contributed by atoms with van der Waals surface area (Å²) in [6.45, 7) is 7.49. The molecule has 1 aromatic rings. The molecule has 3 nitrogen and oxygen atoms in total. The van der Waals surface area contributed by atoms with E-state index < -0.39 is 5.97 Å². The van der Waals surface area contributed by atoms with E-state index in [1.165, 1.54) is 0 Å². The monoisotopic (exact) mass is 325 g/mol. The van der Waals surface area contributed by atoms with Crippen molar-refractivity contribution in [1.29, 1.82) is 0 Å². The average Bonchev–Trinajstić information content (AvgIpc) is 2.34. The second-order valence-electron chi connectivity index (χ2n) is 4.67. The van der Waals surface area contributed by atoms with Crippen LogP contribution in [0.5, 0.6) is 0 Å². The molecule has 0 radical (unpaired) electrons. The van der Waals surface area contributed by atoms with Crippen LogP contribution in [0.2, 0.25) is 0 Å². The molecule has 0 saturated carbocycles. The van der Waals surface area contributed by atoms with Gasteiger partial charge >= 0.3 is 5.97 Å². The Morgan fingerprint density at radius 2 is 2.16 bits per heavy atom. The summed E-state index contributed by atoms with van der Waals surface area (Å²) in [5.74, 6) is -0.935. The lowest BCUT2D eigenvalue weighted by Crippen LogP contribution is -2.31. The molecule has 0 fully saturated rings. The smallest absolute Gasteiger partial charge is 0.328 e. The topological polar surface area (TPSA) is 40.5 Å². The molecule has 0 aliphatic rings. The molecule has 0 atom stereocenters. The number of rotatable bonds is 6. The van der Waals surface area contributed by atoms with Crippen LogP contribution in [0.1, 0.15) is 32.8 Å². The first kappa shape index (κ1) is 15.8. The predicted octanol–water partition coefficient (Wildman–Crippen LogP) is 4.17. The van der Waals surface area contributed by atoms with Crippen LogP contribution in [0.25, 0.3) is 6.08 Å². The second-order valence-corrected chi connectivity index (χ2v) is 5.52. The number of benzene rings is 1. The summed E-state index contributed by atoms with van der Waals surface area (Å²) in [7, 11) is 0. The number of aliphatic carboxylic acids is 1. The van der Waals surface area contributed by atoms with Crippen molar-refractivity contribution in [2.24, 2.45) is 0 Å². The maximum absolute atomic E-state index is 10.5. The molecule has 104 valence electrons. The van der Waals surface area contributed by atoms with Crippen molar-refractivity contribution >= 4 is 33.7 Å². The number of carbonyl (C=O) groups is 1. The third kappa shape index (κ3) is 4.71. The molecule has 1 rings (SSSR count). The van der Waals surface area contributed by atoms with E-state index in [4.69, 9.17) is 5.11 Å². The van der Waals surface area contributed by atoms with Crippen molar-refractivity contribution in [2.75, 3.05) is 11.4 Å². The Balaban J connectivity index is 3.01. The van der Waals surface area contributed by atoms with E-state index in [1.54, 1.807) is 6.08 Å². The number of halogens is 1. The molecule has 0 aromatic heterocycles. The molecule has 0 saturated heterocycles. The lowest BCUT2D eigenvalue weighted by Gasteiger charge is -2.29. The van der Waals surface area contributed by atoms with Gasteiger partial charge in [0.25, 0.3) is 0 Å². The second kappa shape index (κ2) is 7.34. The minimum atomic E-state index is -0.935. The molecule has 1 N–H and O–H groups in total. The molecule has 0 aliphatic heterocycles. The molecule has 19 heavy (non-hydrogen) atoms. The van der Waals surface area contributed by atoms with E-state index >= 15 is 0 Å². The van der Waals surface area contributed by atoms with Gasteiger partial charge in [-0.1, -0.05) is 13.0 Å². The van der Waals surface area contributed by atoms with Crippen LogP contribution in [0.4, 0.5) is 5.69 Å². The lowest BCUT2D eigenvalue weighted by atomic mass is 10.1. The third-order valence-electron chi connectivity index (χ3n) is 2.79. The Labute approximate surface area is 123 Å². The van der Waals surface area contributed by atoms with Crippen molar-refractivity contribution in [3.8, 4) is 0 Å². The van der Waals surface area contributed by atoms with Crippen LogP contribution in [0.15, 0.2) is 28.7 Å². The van der Waals surface area contributed by atoms with E-state index in [1.807, 2.05) is 18.2 Å². The zero-order valence-electron chi connectivity index (χ0n) is 11.6. The first-order valence-electron chi connectivity index (χ1n) is 6.43. The minimum Gasteiger partial charge on any atom is -0.478 e. The van der Waals surface area contributed by atoms with Gasteiger partial charge in [-0.25, -0.2) is 4.79 Å². The van der Waals surface area contributed by atoms with Crippen LogP contribution in [0, 0.1) is 0 Å². The summed E-state index contributed by atoms with van der Waals surface area (Å²) < 4.78 is 0.988. The maximum Gasteiger partial charge on any atom is 0.328 e. The molecule has 0 aliphatic carbocycles. The van der Waals surface area contributed by atoms with Gasteiger partial charge in [-0.05, 0) is 60.0 Å². The van der Waals surface area contributed by atoms with Gasteiger partial charge in [0.2, 0.25) is 0 Å². The third-order valence-corrected chi connectivity index (χ3v) is 3.42. The Morgan fingerprint density at radius 1 is 1.47 bits per heavy atom. The molecule has 1 aromatic carbocycles. The molecule has 0 unspecified atom stereocenters. The van der Waals surface area contributed by atoms with Gasteiger partial charge in [-0.15, -0.1) is 0 Å². The van der Waals surface area contributed by atoms with E-state index in [0.717, 1.165) is 34.8 Å². The van der Waals surface area contributed by atoms with Gasteiger partial charge in [0.05, 0.1) is 5.69 Å². The minimum absolute atomic E-state index is 0.427. The highest BCUT2D eigenvalue weighted by Gasteiger charge is 2.12. The normalized spacial score (nSPS) is 11.2. The number of carboxylic acid groups (broad SMARTS) is 1. The van der Waals surface area contributed by atoms with E-state index in [2.05, 4.69) is 41.6 Å². The van der Waals surface area contributed by atoms with Gasteiger partial charge in [-0.3, -0.25) is 0 Å². The Bertz CT molecular complexity index is 469. The Hall–Kier alpha value is -1.29. The summed E-state index contributed by atoms with van der Waals surface area (Å²) >= 11 is 3.57. The van der Waals surface area contributed by atoms with Gasteiger partial charge in [0.1, 0.15) is 0 Å². The molecular formula is C15H20BrNO2. The molecule has 0 heterocycles. The molecule has 4 heteroatoms. The van der Waals surface area contributed by atoms with Crippen molar-refractivity contribution in [3.63, 3.8) is 0 Å². The number of anilines is 1. The molecular weight excluding hydrogens is 306 g/mol. The van der Waals surface area contributed by atoms with Crippen molar-refractivity contribution in [2.45, 2.75) is 33.2 Å². The summed E-state index contributed by atoms with van der Waals surface area (Å²) in [5.41, 5.74) is 2.02. The Morgan fingerprint density at radius 3 is 2.63 bits per heavy atom. The van der Waals surface area contributed by atoms with Gasteiger partial charge in [0.15, 0.2) is 0 Å². The summed E-state index contributed by atoms with van der Waals surface area (Å²) in [4.78, 5) is 12.8. The molecule has 0 spiro atoms. The van der Waals surface area contributed by atoms with Crippen molar-refractivity contribution in [1.82, 2.24) is 0 Å². The SMILES string of the molecule is CCCN(c1ccc(/C=C/C(=O)O)cc1Br)C(C)C.